The number of carbonyl (C=O) groups is 4. The lowest BCUT2D eigenvalue weighted by Gasteiger charge is -2.28. The molecule has 1 aromatic rings. The Kier molecular flexibility index (Phi) is 9.42. The van der Waals surface area contributed by atoms with Crippen LogP contribution in [0.4, 0.5) is 0 Å². The molecule has 7 heteroatoms. The van der Waals surface area contributed by atoms with Gasteiger partial charge in [-0.25, -0.2) is 0 Å². The van der Waals surface area contributed by atoms with Crippen LogP contribution in [0.2, 0.25) is 0 Å². The largest absolute Gasteiger partial charge is 0.356 e. The molecule has 1 aliphatic heterocycles. The molecule has 4 atom stereocenters. The van der Waals surface area contributed by atoms with E-state index in [1.165, 1.54) is 0 Å². The molecule has 0 aliphatic carbocycles. The summed E-state index contributed by atoms with van der Waals surface area (Å²) in [7, 11) is 0. The fourth-order valence-corrected chi connectivity index (χ4v) is 4.13. The van der Waals surface area contributed by atoms with Crippen molar-refractivity contribution in [1.82, 2.24) is 16.0 Å². The van der Waals surface area contributed by atoms with Crippen LogP contribution in [0.25, 0.3) is 0 Å². The Hall–Kier alpha value is -2.70. The maximum Gasteiger partial charge on any atom is 0.243 e. The molecule has 3 N–H and O–H groups in total. The maximum absolute atomic E-state index is 13.0. The number of amides is 3. The number of hydrogen-bond donors (Lipinski definition) is 3. The van der Waals surface area contributed by atoms with Gasteiger partial charge in [0.25, 0.3) is 0 Å². The van der Waals surface area contributed by atoms with Gasteiger partial charge in [-0.3, -0.25) is 14.4 Å². The topological polar surface area (TPSA) is 104 Å². The summed E-state index contributed by atoms with van der Waals surface area (Å²) in [5.74, 6) is -0.882. The lowest BCUT2D eigenvalue weighted by Crippen LogP contribution is -2.52. The molecular weight excluding hydrogens is 406 g/mol. The summed E-state index contributed by atoms with van der Waals surface area (Å²) < 4.78 is 0. The Morgan fingerprint density at radius 3 is 2.41 bits per heavy atom. The number of nitrogens with one attached hydrogen (secondary N) is 3. The lowest BCUT2D eigenvalue weighted by atomic mass is 9.87. The average Bonchev–Trinajstić information content (AvgIpc) is 3.14. The molecule has 0 spiro atoms. The van der Waals surface area contributed by atoms with Crippen LogP contribution in [0.5, 0.6) is 0 Å². The molecule has 1 saturated heterocycles. The van der Waals surface area contributed by atoms with Gasteiger partial charge in [0, 0.05) is 18.9 Å². The van der Waals surface area contributed by atoms with Gasteiger partial charge in [-0.2, -0.15) is 0 Å². The predicted octanol–water partition coefficient (Wildman–Crippen LogP) is 2.70. The fourth-order valence-electron chi connectivity index (χ4n) is 4.13. The first-order valence-electron chi connectivity index (χ1n) is 11.5. The van der Waals surface area contributed by atoms with Crippen molar-refractivity contribution in [2.75, 3.05) is 6.54 Å². The van der Waals surface area contributed by atoms with Gasteiger partial charge in [0.1, 0.15) is 12.3 Å². The van der Waals surface area contributed by atoms with E-state index in [1.54, 1.807) is 0 Å². The van der Waals surface area contributed by atoms with Crippen LogP contribution in [-0.4, -0.2) is 42.6 Å². The maximum atomic E-state index is 13.0. The molecule has 3 amide bonds. The third-order valence-corrected chi connectivity index (χ3v) is 5.86. The molecule has 176 valence electrons. The molecule has 2 rings (SSSR count). The van der Waals surface area contributed by atoms with E-state index in [2.05, 4.69) is 16.0 Å². The molecule has 1 heterocycles. The summed E-state index contributed by atoms with van der Waals surface area (Å²) in [6.07, 6.45) is 3.12. The molecule has 1 aromatic carbocycles. The highest BCUT2D eigenvalue weighted by Crippen LogP contribution is 2.25. The van der Waals surface area contributed by atoms with E-state index in [9.17, 15) is 19.2 Å². The van der Waals surface area contributed by atoms with Gasteiger partial charge >= 0.3 is 0 Å². The number of aldehydes is 1. The Balaban J connectivity index is 2.03. The number of rotatable bonds is 11. The van der Waals surface area contributed by atoms with E-state index in [1.807, 2.05) is 58.0 Å². The fraction of sp³-hybridized carbons (Fsp3) is 0.600. The highest BCUT2D eigenvalue weighted by atomic mass is 16.2. The first-order valence-corrected chi connectivity index (χ1v) is 11.5. The summed E-state index contributed by atoms with van der Waals surface area (Å²) >= 11 is 0. The van der Waals surface area contributed by atoms with E-state index in [0.717, 1.165) is 12.0 Å². The quantitative estimate of drug-likeness (QED) is 0.457. The van der Waals surface area contributed by atoms with E-state index in [-0.39, 0.29) is 41.9 Å². The Bertz CT molecular complexity index is 788. The third kappa shape index (κ3) is 8.09. The Morgan fingerprint density at radius 1 is 1.19 bits per heavy atom. The van der Waals surface area contributed by atoms with E-state index in [4.69, 9.17) is 0 Å². The second kappa shape index (κ2) is 11.8. The van der Waals surface area contributed by atoms with Crippen molar-refractivity contribution in [3.63, 3.8) is 0 Å². The van der Waals surface area contributed by atoms with Crippen LogP contribution in [0.3, 0.4) is 0 Å². The molecule has 1 aliphatic rings. The van der Waals surface area contributed by atoms with Crippen molar-refractivity contribution in [2.45, 2.75) is 77.8 Å². The summed E-state index contributed by atoms with van der Waals surface area (Å²) in [6.45, 7) is 8.62. The van der Waals surface area contributed by atoms with Crippen molar-refractivity contribution in [1.29, 1.82) is 0 Å². The molecule has 0 bridgehead atoms. The summed E-state index contributed by atoms with van der Waals surface area (Å²) in [4.78, 5) is 49.3. The number of benzene rings is 1. The van der Waals surface area contributed by atoms with Crippen molar-refractivity contribution in [2.24, 2.45) is 11.3 Å². The molecule has 1 unspecified atom stereocenters. The van der Waals surface area contributed by atoms with Crippen molar-refractivity contribution in [3.05, 3.63) is 35.9 Å². The monoisotopic (exact) mass is 443 g/mol. The molecule has 7 nitrogen and oxygen atoms in total. The lowest BCUT2D eigenvalue weighted by molar-refractivity contribution is -0.131. The Labute approximate surface area is 191 Å². The zero-order valence-corrected chi connectivity index (χ0v) is 19.6. The van der Waals surface area contributed by atoms with E-state index >= 15 is 0 Å². The van der Waals surface area contributed by atoms with Crippen LogP contribution in [0.1, 0.15) is 71.3 Å². The smallest absolute Gasteiger partial charge is 0.243 e. The second-order valence-electron chi connectivity index (χ2n) is 9.87. The highest BCUT2D eigenvalue weighted by molar-refractivity contribution is 5.89. The zero-order valence-electron chi connectivity index (χ0n) is 19.6. The molecule has 1 fully saturated rings. The summed E-state index contributed by atoms with van der Waals surface area (Å²) in [5.41, 5.74) is 0.888. The van der Waals surface area contributed by atoms with Gasteiger partial charge in [-0.15, -0.1) is 0 Å². The second-order valence-corrected chi connectivity index (χ2v) is 9.87. The minimum absolute atomic E-state index is 0.0677. The van der Waals surface area contributed by atoms with Crippen LogP contribution in [0, 0.1) is 11.3 Å². The van der Waals surface area contributed by atoms with Crippen molar-refractivity contribution < 1.29 is 19.2 Å². The minimum atomic E-state index is -0.761. The molecule has 0 radical (unpaired) electrons. The van der Waals surface area contributed by atoms with Crippen molar-refractivity contribution >= 4 is 24.0 Å². The van der Waals surface area contributed by atoms with Gasteiger partial charge in [0.05, 0.1) is 6.04 Å². The van der Waals surface area contributed by atoms with Crippen LogP contribution >= 0.6 is 0 Å². The van der Waals surface area contributed by atoms with Crippen molar-refractivity contribution in [3.8, 4) is 0 Å². The van der Waals surface area contributed by atoms with Crippen LogP contribution < -0.4 is 16.0 Å². The van der Waals surface area contributed by atoms with E-state index < -0.39 is 18.0 Å². The minimum Gasteiger partial charge on any atom is -0.356 e. The first-order chi connectivity index (χ1) is 15.1. The number of carbonyl (C=O) groups excluding carboxylic acids is 4. The van der Waals surface area contributed by atoms with E-state index in [0.29, 0.717) is 25.7 Å². The van der Waals surface area contributed by atoms with Gasteiger partial charge in [0.2, 0.25) is 17.7 Å². The molecule has 32 heavy (non-hydrogen) atoms. The summed E-state index contributed by atoms with van der Waals surface area (Å²) in [5, 5.41) is 8.38. The normalized spacial score (nSPS) is 18.9. The standard InChI is InChI=1S/C25H37N3O4/c1-5-17(18-9-7-6-8-10-18)14-22(30)28-21(15-25(2,3)4)24(32)27-20(16-29)13-19-11-12-26-23(19)31/h6-10,16-17,19-21H,5,11-15H2,1-4H3,(H,26,31)(H,27,32)(H,28,30)/t17?,19-,20-,21-/m0/s1. The predicted molar refractivity (Wildman–Crippen MR) is 124 cm³/mol. The van der Waals surface area contributed by atoms with Gasteiger partial charge < -0.3 is 20.7 Å². The SMILES string of the molecule is CCC(CC(=O)N[C@@H](CC(C)(C)C)C(=O)N[C@H](C=O)C[C@@H]1CCNC1=O)c1ccccc1. The Morgan fingerprint density at radius 2 is 1.88 bits per heavy atom. The van der Waals surface area contributed by atoms with Crippen LogP contribution in [0.15, 0.2) is 30.3 Å². The molecule has 0 aromatic heterocycles. The highest BCUT2D eigenvalue weighted by Gasteiger charge is 2.31. The zero-order chi connectivity index (χ0) is 23.7. The van der Waals surface area contributed by atoms with Gasteiger partial charge in [-0.05, 0) is 42.6 Å². The van der Waals surface area contributed by atoms with Crippen LogP contribution in [-0.2, 0) is 19.2 Å². The molecule has 0 saturated carbocycles. The van der Waals surface area contributed by atoms with Gasteiger partial charge in [-0.1, -0.05) is 58.0 Å². The number of hydrogen-bond acceptors (Lipinski definition) is 4. The molecular formula is C25H37N3O4. The van der Waals surface area contributed by atoms with Gasteiger partial charge in [0.15, 0.2) is 0 Å². The first kappa shape index (κ1) is 25.6. The third-order valence-electron chi connectivity index (χ3n) is 5.86. The average molecular weight is 444 g/mol. The summed E-state index contributed by atoms with van der Waals surface area (Å²) in [6, 6.07) is 8.35.